The second kappa shape index (κ2) is 4.28. The molecule has 2 nitrogen and oxygen atoms in total. The van der Waals surface area contributed by atoms with Gasteiger partial charge in [0, 0.05) is 24.3 Å². The second-order valence-corrected chi connectivity index (χ2v) is 4.47. The highest BCUT2D eigenvalue weighted by Crippen LogP contribution is 2.26. The maximum absolute atomic E-state index is 5.95. The zero-order valence-corrected chi connectivity index (χ0v) is 9.09. The number of nitrogens with zero attached hydrogens (tertiary/aromatic N) is 1. The Hall–Kier alpha value is -0.600. The maximum Gasteiger partial charge on any atom is 0.133 e. The summed E-state index contributed by atoms with van der Waals surface area (Å²) in [6.45, 7) is 3.12. The Kier molecular flexibility index (Phi) is 3.04. The van der Waals surface area contributed by atoms with E-state index in [9.17, 15) is 0 Å². The predicted octanol–water partition coefficient (Wildman–Crippen LogP) is 2.62. The molecule has 0 bridgehead atoms. The van der Waals surface area contributed by atoms with Crippen LogP contribution in [0, 0.1) is 5.92 Å². The third-order valence-electron chi connectivity index (χ3n) is 2.79. The fraction of sp³-hybridized carbons (Fsp3) is 0.545. The minimum Gasteiger partial charge on any atom is -0.310 e. The molecule has 0 aromatic carbocycles. The third kappa shape index (κ3) is 2.25. The lowest BCUT2D eigenvalue weighted by atomic mass is 9.82. The number of pyridine rings is 1. The fourth-order valence-electron chi connectivity index (χ4n) is 1.87. The molecule has 1 aromatic heterocycles. The molecule has 0 unspecified atom stereocenters. The predicted molar refractivity (Wildman–Crippen MR) is 58.3 cm³/mol. The quantitative estimate of drug-likeness (QED) is 0.776. The topological polar surface area (TPSA) is 24.9 Å². The smallest absolute Gasteiger partial charge is 0.133 e. The molecule has 14 heavy (non-hydrogen) atoms. The van der Waals surface area contributed by atoms with E-state index in [1.165, 1.54) is 12.8 Å². The number of hydrogen-bond acceptors (Lipinski definition) is 2. The van der Waals surface area contributed by atoms with Gasteiger partial charge in [-0.15, -0.1) is 0 Å². The Labute approximate surface area is 89.7 Å². The average molecular weight is 211 g/mol. The van der Waals surface area contributed by atoms with Gasteiger partial charge >= 0.3 is 0 Å². The molecule has 1 aliphatic rings. The Morgan fingerprint density at radius 2 is 2.36 bits per heavy atom. The summed E-state index contributed by atoms with van der Waals surface area (Å²) in [5.41, 5.74) is 1.09. The van der Waals surface area contributed by atoms with Gasteiger partial charge in [0.15, 0.2) is 0 Å². The molecule has 0 radical (unpaired) electrons. The van der Waals surface area contributed by atoms with Crippen LogP contribution in [0.15, 0.2) is 18.3 Å². The van der Waals surface area contributed by atoms with Crippen LogP contribution in [-0.2, 0) is 6.54 Å². The lowest BCUT2D eigenvalue weighted by Crippen LogP contribution is -2.39. The average Bonchev–Trinajstić information content (AvgIpc) is 2.13. The molecule has 1 saturated carbocycles. The van der Waals surface area contributed by atoms with Crippen molar-refractivity contribution in [1.29, 1.82) is 0 Å². The number of nitrogens with one attached hydrogen (secondary N) is 1. The van der Waals surface area contributed by atoms with Gasteiger partial charge in [0.05, 0.1) is 0 Å². The molecular formula is C11H15ClN2. The number of rotatable bonds is 3. The van der Waals surface area contributed by atoms with Crippen LogP contribution in [-0.4, -0.2) is 11.0 Å². The van der Waals surface area contributed by atoms with Gasteiger partial charge in [0.2, 0.25) is 0 Å². The molecule has 1 fully saturated rings. The standard InChI is InChI=1S/C11H15ClN2/c1-8-5-10(6-8)14-7-9-3-2-4-13-11(9)12/h2-4,8,10,14H,5-7H2,1H3. The summed E-state index contributed by atoms with van der Waals surface area (Å²) in [6.07, 6.45) is 4.30. The van der Waals surface area contributed by atoms with Crippen LogP contribution in [0.4, 0.5) is 0 Å². The van der Waals surface area contributed by atoms with Crippen LogP contribution in [0.1, 0.15) is 25.3 Å². The highest BCUT2D eigenvalue weighted by atomic mass is 35.5. The van der Waals surface area contributed by atoms with Gasteiger partial charge in [-0.25, -0.2) is 4.98 Å². The fourth-order valence-corrected chi connectivity index (χ4v) is 2.06. The first kappa shape index (κ1) is 9.94. The molecule has 1 N–H and O–H groups in total. The molecular weight excluding hydrogens is 196 g/mol. The minimum absolute atomic E-state index is 0.618. The van der Waals surface area contributed by atoms with Crippen molar-refractivity contribution in [1.82, 2.24) is 10.3 Å². The van der Waals surface area contributed by atoms with E-state index < -0.39 is 0 Å². The van der Waals surface area contributed by atoms with Crippen molar-refractivity contribution in [2.24, 2.45) is 5.92 Å². The van der Waals surface area contributed by atoms with E-state index in [0.29, 0.717) is 11.2 Å². The number of aromatic nitrogens is 1. The van der Waals surface area contributed by atoms with E-state index in [1.54, 1.807) is 6.20 Å². The van der Waals surface area contributed by atoms with Gasteiger partial charge < -0.3 is 5.32 Å². The first-order valence-corrected chi connectivity index (χ1v) is 5.46. The molecule has 76 valence electrons. The molecule has 0 aliphatic heterocycles. The molecule has 0 amide bonds. The molecule has 2 rings (SSSR count). The van der Waals surface area contributed by atoms with E-state index in [2.05, 4.69) is 17.2 Å². The van der Waals surface area contributed by atoms with E-state index in [1.807, 2.05) is 12.1 Å². The largest absolute Gasteiger partial charge is 0.310 e. The van der Waals surface area contributed by atoms with Crippen LogP contribution in [0.25, 0.3) is 0 Å². The molecule has 0 spiro atoms. The normalized spacial score (nSPS) is 25.9. The van der Waals surface area contributed by atoms with Gasteiger partial charge in [-0.1, -0.05) is 24.6 Å². The van der Waals surface area contributed by atoms with Crippen LogP contribution in [0.3, 0.4) is 0 Å². The van der Waals surface area contributed by atoms with E-state index in [4.69, 9.17) is 11.6 Å². The number of halogens is 1. The summed E-state index contributed by atoms with van der Waals surface area (Å²) in [5, 5.41) is 4.10. The monoisotopic (exact) mass is 210 g/mol. The van der Waals surface area contributed by atoms with E-state index >= 15 is 0 Å². The molecule has 0 atom stereocenters. The third-order valence-corrected chi connectivity index (χ3v) is 3.13. The van der Waals surface area contributed by atoms with Crippen LogP contribution >= 0.6 is 11.6 Å². The Bertz CT molecular complexity index is 308. The van der Waals surface area contributed by atoms with Crippen molar-refractivity contribution in [3.63, 3.8) is 0 Å². The minimum atomic E-state index is 0.618. The van der Waals surface area contributed by atoms with Gasteiger partial charge in [0.1, 0.15) is 5.15 Å². The lowest BCUT2D eigenvalue weighted by Gasteiger charge is -2.33. The van der Waals surface area contributed by atoms with Gasteiger partial charge in [-0.3, -0.25) is 0 Å². The Morgan fingerprint density at radius 1 is 1.57 bits per heavy atom. The van der Waals surface area contributed by atoms with Crippen molar-refractivity contribution >= 4 is 11.6 Å². The molecule has 0 saturated heterocycles. The molecule has 3 heteroatoms. The van der Waals surface area contributed by atoms with Crippen molar-refractivity contribution in [2.45, 2.75) is 32.4 Å². The van der Waals surface area contributed by atoms with Crippen LogP contribution in [0.2, 0.25) is 5.15 Å². The van der Waals surface area contributed by atoms with Gasteiger partial charge in [-0.05, 0) is 24.8 Å². The summed E-state index contributed by atoms with van der Waals surface area (Å²) in [5.74, 6) is 0.886. The second-order valence-electron chi connectivity index (χ2n) is 4.11. The maximum atomic E-state index is 5.95. The molecule has 1 aromatic rings. The van der Waals surface area contributed by atoms with Crippen molar-refractivity contribution < 1.29 is 0 Å². The summed E-state index contributed by atoms with van der Waals surface area (Å²) in [7, 11) is 0. The summed E-state index contributed by atoms with van der Waals surface area (Å²) in [6, 6.07) is 4.62. The first-order valence-electron chi connectivity index (χ1n) is 5.08. The van der Waals surface area contributed by atoms with Gasteiger partial charge in [0.25, 0.3) is 0 Å². The zero-order valence-electron chi connectivity index (χ0n) is 8.33. The number of hydrogen-bond donors (Lipinski definition) is 1. The Morgan fingerprint density at radius 3 is 3.00 bits per heavy atom. The SMILES string of the molecule is CC1CC(NCc2cccnc2Cl)C1. The molecule has 1 aliphatic carbocycles. The highest BCUT2D eigenvalue weighted by Gasteiger charge is 2.24. The molecule has 1 heterocycles. The zero-order chi connectivity index (χ0) is 9.97. The lowest BCUT2D eigenvalue weighted by molar-refractivity contribution is 0.240. The summed E-state index contributed by atoms with van der Waals surface area (Å²) in [4.78, 5) is 4.04. The summed E-state index contributed by atoms with van der Waals surface area (Å²) >= 11 is 5.95. The van der Waals surface area contributed by atoms with Crippen molar-refractivity contribution in [2.75, 3.05) is 0 Å². The van der Waals surface area contributed by atoms with Crippen LogP contribution < -0.4 is 5.32 Å². The first-order chi connectivity index (χ1) is 6.75. The Balaban J connectivity index is 1.83. The highest BCUT2D eigenvalue weighted by molar-refractivity contribution is 6.30. The van der Waals surface area contributed by atoms with E-state index in [-0.39, 0.29) is 0 Å². The van der Waals surface area contributed by atoms with Gasteiger partial charge in [-0.2, -0.15) is 0 Å². The van der Waals surface area contributed by atoms with Crippen LogP contribution in [0.5, 0.6) is 0 Å². The van der Waals surface area contributed by atoms with Crippen molar-refractivity contribution in [3.05, 3.63) is 29.0 Å². The summed E-state index contributed by atoms with van der Waals surface area (Å²) < 4.78 is 0. The van der Waals surface area contributed by atoms with Crippen molar-refractivity contribution in [3.8, 4) is 0 Å². The van der Waals surface area contributed by atoms with E-state index in [0.717, 1.165) is 18.0 Å².